The number of rotatable bonds is 3. The fourth-order valence-electron chi connectivity index (χ4n) is 2.72. The van der Waals surface area contributed by atoms with Gasteiger partial charge in [0.25, 0.3) is 5.91 Å². The molecule has 5 nitrogen and oxygen atoms in total. The lowest BCUT2D eigenvalue weighted by atomic mass is 10.1. The van der Waals surface area contributed by atoms with Crippen LogP contribution in [0.15, 0.2) is 41.8 Å². The monoisotopic (exact) mass is 307 g/mol. The third kappa shape index (κ3) is 3.01. The van der Waals surface area contributed by atoms with Crippen molar-refractivity contribution in [2.75, 3.05) is 17.3 Å². The second-order valence-corrected chi connectivity index (χ2v) is 7.20. The average Bonchev–Trinajstić information content (AvgIpc) is 3.10. The maximum absolute atomic E-state index is 12.7. The number of carbonyl (C=O) groups is 1. The van der Waals surface area contributed by atoms with Crippen LogP contribution in [-0.4, -0.2) is 38.8 Å². The molecule has 112 valence electrons. The number of ether oxygens (including phenoxy) is 1. The molecule has 2 heterocycles. The quantitative estimate of drug-likeness (QED) is 0.849. The van der Waals surface area contributed by atoms with E-state index in [2.05, 4.69) is 0 Å². The van der Waals surface area contributed by atoms with Crippen molar-refractivity contribution in [1.82, 2.24) is 0 Å². The zero-order valence-corrected chi connectivity index (χ0v) is 12.3. The smallest absolute Gasteiger partial charge is 0.256 e. The summed E-state index contributed by atoms with van der Waals surface area (Å²) in [5, 5.41) is 1.19. The predicted molar refractivity (Wildman–Crippen MR) is 79.6 cm³/mol. The maximum Gasteiger partial charge on any atom is 0.256 e. The minimum absolute atomic E-state index is 0.0691. The van der Waals surface area contributed by atoms with Gasteiger partial charge in [-0.25, -0.2) is 8.42 Å². The molecule has 0 bridgehead atoms. The molecule has 1 saturated heterocycles. The van der Waals surface area contributed by atoms with Crippen molar-refractivity contribution < 1.29 is 17.9 Å². The number of sulfone groups is 1. The van der Waals surface area contributed by atoms with Crippen LogP contribution < -0.4 is 4.90 Å². The van der Waals surface area contributed by atoms with Gasteiger partial charge in [0.05, 0.1) is 11.8 Å². The molecular formula is C15H17NO4S. The van der Waals surface area contributed by atoms with Gasteiger partial charge in [-0.15, -0.1) is 0 Å². The van der Waals surface area contributed by atoms with Crippen LogP contribution >= 0.6 is 0 Å². The van der Waals surface area contributed by atoms with Crippen LogP contribution in [0.1, 0.15) is 12.8 Å². The molecule has 0 aliphatic carbocycles. The van der Waals surface area contributed by atoms with E-state index in [9.17, 15) is 13.2 Å². The first-order valence-corrected chi connectivity index (χ1v) is 8.69. The van der Waals surface area contributed by atoms with Gasteiger partial charge in [-0.05, 0) is 31.1 Å². The van der Waals surface area contributed by atoms with Crippen molar-refractivity contribution in [3.05, 3.63) is 41.8 Å². The summed E-state index contributed by atoms with van der Waals surface area (Å²) in [7, 11) is -3.22. The molecule has 3 rings (SSSR count). The molecule has 1 aromatic carbocycles. The lowest BCUT2D eigenvalue weighted by Gasteiger charge is -2.29. The third-order valence-corrected chi connectivity index (χ3v) is 5.10. The van der Waals surface area contributed by atoms with E-state index in [4.69, 9.17) is 4.74 Å². The number of amides is 1. The third-order valence-electron chi connectivity index (χ3n) is 3.72. The molecule has 0 spiro atoms. The lowest BCUT2D eigenvalue weighted by Crippen LogP contribution is -2.46. The molecule has 0 aromatic heterocycles. The van der Waals surface area contributed by atoms with Crippen molar-refractivity contribution in [2.24, 2.45) is 0 Å². The Morgan fingerprint density at radius 3 is 2.57 bits per heavy atom. The number of hydrogen-bond donors (Lipinski definition) is 0. The molecule has 2 aliphatic rings. The highest BCUT2D eigenvalue weighted by Gasteiger charge is 2.36. The molecule has 0 N–H and O–H groups in total. The van der Waals surface area contributed by atoms with E-state index in [0.717, 1.165) is 6.42 Å². The fraction of sp³-hybridized carbons (Fsp3) is 0.400. The first kappa shape index (κ1) is 14.3. The number of nitrogens with zero attached hydrogens (tertiary/aromatic N) is 1. The maximum atomic E-state index is 12.7. The zero-order chi connectivity index (χ0) is 14.9. The standard InChI is InChI=1S/C15H17NO4S/c17-15(14-7-4-9-20-14)16(12-5-2-1-3-6-12)13-8-10-21(18,19)11-13/h1-3,5-6,8,10,13-14H,4,7,9,11H2/t13-,14-/m1/s1. The second-order valence-electron chi connectivity index (χ2n) is 5.27. The number of para-hydroxylation sites is 1. The van der Waals surface area contributed by atoms with Crippen LogP contribution in [0.25, 0.3) is 0 Å². The molecular weight excluding hydrogens is 290 g/mol. The van der Waals surface area contributed by atoms with Crippen molar-refractivity contribution >= 4 is 21.4 Å². The van der Waals surface area contributed by atoms with Gasteiger partial charge in [-0.1, -0.05) is 18.2 Å². The minimum Gasteiger partial charge on any atom is -0.368 e. The Morgan fingerprint density at radius 1 is 1.24 bits per heavy atom. The van der Waals surface area contributed by atoms with E-state index in [1.165, 1.54) is 5.41 Å². The van der Waals surface area contributed by atoms with Gasteiger partial charge < -0.3 is 9.64 Å². The van der Waals surface area contributed by atoms with Gasteiger partial charge in [0, 0.05) is 17.7 Å². The van der Waals surface area contributed by atoms with Gasteiger partial charge in [0.1, 0.15) is 6.10 Å². The minimum atomic E-state index is -3.22. The Morgan fingerprint density at radius 2 is 2.00 bits per heavy atom. The van der Waals surface area contributed by atoms with E-state index >= 15 is 0 Å². The molecule has 2 atom stereocenters. The molecule has 2 aliphatic heterocycles. The summed E-state index contributed by atoms with van der Waals surface area (Å²) in [6.07, 6.45) is 2.65. The largest absolute Gasteiger partial charge is 0.368 e. The molecule has 0 saturated carbocycles. The molecule has 0 radical (unpaired) electrons. The summed E-state index contributed by atoms with van der Waals surface area (Å²) in [6.45, 7) is 0.581. The van der Waals surface area contributed by atoms with Crippen LogP contribution in [0.2, 0.25) is 0 Å². The second kappa shape index (κ2) is 5.61. The Labute approximate surface area is 124 Å². The molecule has 1 aromatic rings. The van der Waals surface area contributed by atoms with Crippen LogP contribution in [-0.2, 0) is 19.4 Å². The zero-order valence-electron chi connectivity index (χ0n) is 11.5. The highest BCUT2D eigenvalue weighted by molar-refractivity contribution is 7.94. The number of anilines is 1. The van der Waals surface area contributed by atoms with Gasteiger partial charge in [0.15, 0.2) is 9.84 Å². The van der Waals surface area contributed by atoms with Crippen molar-refractivity contribution in [2.45, 2.75) is 25.0 Å². The van der Waals surface area contributed by atoms with E-state index in [0.29, 0.717) is 18.7 Å². The normalized spacial score (nSPS) is 26.9. The first-order chi connectivity index (χ1) is 10.1. The summed E-state index contributed by atoms with van der Waals surface area (Å²) < 4.78 is 28.8. The van der Waals surface area contributed by atoms with Crippen LogP contribution in [0, 0.1) is 0 Å². The highest BCUT2D eigenvalue weighted by atomic mass is 32.2. The highest BCUT2D eigenvalue weighted by Crippen LogP contribution is 2.26. The summed E-state index contributed by atoms with van der Waals surface area (Å²) in [6, 6.07) is 8.68. The summed E-state index contributed by atoms with van der Waals surface area (Å²) in [5.41, 5.74) is 0.699. The summed E-state index contributed by atoms with van der Waals surface area (Å²) in [4.78, 5) is 14.3. The Hall–Kier alpha value is -1.66. The van der Waals surface area contributed by atoms with Crippen LogP contribution in [0.5, 0.6) is 0 Å². The summed E-state index contributed by atoms with van der Waals surface area (Å²) >= 11 is 0. The van der Waals surface area contributed by atoms with Gasteiger partial charge in [0.2, 0.25) is 0 Å². The van der Waals surface area contributed by atoms with Gasteiger partial charge >= 0.3 is 0 Å². The topological polar surface area (TPSA) is 63.7 Å². The summed E-state index contributed by atoms with van der Waals surface area (Å²) in [5.74, 6) is -0.231. The van der Waals surface area contributed by atoms with Crippen LogP contribution in [0.4, 0.5) is 5.69 Å². The van der Waals surface area contributed by atoms with Gasteiger partial charge in [-0.3, -0.25) is 4.79 Å². The SMILES string of the molecule is O=C([C@H]1CCCO1)N(c1ccccc1)[C@@H]1C=CS(=O)(=O)C1. The molecule has 1 fully saturated rings. The number of benzene rings is 1. The molecule has 21 heavy (non-hydrogen) atoms. The lowest BCUT2D eigenvalue weighted by molar-refractivity contribution is -0.127. The average molecular weight is 307 g/mol. The Kier molecular flexibility index (Phi) is 3.82. The number of carbonyl (C=O) groups excluding carboxylic acids is 1. The van der Waals surface area contributed by atoms with E-state index in [-0.39, 0.29) is 11.7 Å². The van der Waals surface area contributed by atoms with Crippen molar-refractivity contribution in [3.63, 3.8) is 0 Å². The molecule has 0 unspecified atom stereocenters. The predicted octanol–water partition coefficient (Wildman–Crippen LogP) is 1.51. The molecule has 6 heteroatoms. The van der Waals surface area contributed by atoms with E-state index < -0.39 is 22.0 Å². The fourth-order valence-corrected chi connectivity index (χ4v) is 3.99. The van der Waals surface area contributed by atoms with Crippen molar-refractivity contribution in [3.8, 4) is 0 Å². The Balaban J connectivity index is 1.92. The van der Waals surface area contributed by atoms with E-state index in [1.54, 1.807) is 11.0 Å². The first-order valence-electron chi connectivity index (χ1n) is 6.97. The Bertz CT molecular complexity index is 648. The number of hydrogen-bond acceptors (Lipinski definition) is 4. The van der Waals surface area contributed by atoms with E-state index in [1.807, 2.05) is 30.3 Å². The molecule has 1 amide bonds. The van der Waals surface area contributed by atoms with Gasteiger partial charge in [-0.2, -0.15) is 0 Å². The van der Waals surface area contributed by atoms with Crippen molar-refractivity contribution in [1.29, 1.82) is 0 Å². The van der Waals surface area contributed by atoms with Crippen LogP contribution in [0.3, 0.4) is 0 Å².